The Kier molecular flexibility index (Phi) is 50.9. The van der Waals surface area contributed by atoms with E-state index in [1.807, 2.05) is 0 Å². The predicted molar refractivity (Wildman–Crippen MR) is 316 cm³/mol. The highest BCUT2D eigenvalue weighted by atomic mass is 16.7. The van der Waals surface area contributed by atoms with Crippen molar-refractivity contribution in [2.24, 2.45) is 0 Å². The maximum atomic E-state index is 13.2. The molecule has 11 nitrogen and oxygen atoms in total. The first-order chi connectivity index (χ1) is 37.2. The van der Waals surface area contributed by atoms with Gasteiger partial charge in [-0.3, -0.25) is 4.79 Å². The van der Waals surface area contributed by atoms with Crippen molar-refractivity contribution < 1.29 is 50.0 Å². The van der Waals surface area contributed by atoms with E-state index in [1.165, 1.54) is 186 Å². The Hall–Kier alpha value is -1.93. The molecule has 1 fully saturated rings. The molecule has 76 heavy (non-hydrogen) atoms. The summed E-state index contributed by atoms with van der Waals surface area (Å²) in [5.74, 6) is -0.714. The monoisotopic (exact) mass is 1080 g/mol. The van der Waals surface area contributed by atoms with Gasteiger partial charge in [-0.25, -0.2) is 0 Å². The number of nitrogens with one attached hydrogen (secondary N) is 1. The van der Waals surface area contributed by atoms with Crippen LogP contribution in [0.3, 0.4) is 0 Å². The zero-order valence-corrected chi connectivity index (χ0v) is 49.0. The molecule has 1 aliphatic heterocycles. The van der Waals surface area contributed by atoms with Crippen molar-refractivity contribution in [2.75, 3.05) is 13.2 Å². The second kappa shape index (κ2) is 53.7. The highest BCUT2D eigenvalue weighted by Gasteiger charge is 2.44. The normalized spacial score (nSPS) is 19.9. The van der Waals surface area contributed by atoms with Crippen molar-refractivity contribution in [3.05, 3.63) is 48.6 Å². The Morgan fingerprint density at radius 1 is 0.447 bits per heavy atom. The zero-order valence-electron chi connectivity index (χ0n) is 49.0. The number of hydrogen-bond acceptors (Lipinski definition) is 10. The van der Waals surface area contributed by atoms with Crippen molar-refractivity contribution in [3.63, 3.8) is 0 Å². The Morgan fingerprint density at radius 3 is 1.17 bits per heavy atom. The number of carbonyl (C=O) groups excluding carboxylic acids is 1. The van der Waals surface area contributed by atoms with Crippen molar-refractivity contribution in [1.82, 2.24) is 5.32 Å². The average molecular weight is 1080 g/mol. The van der Waals surface area contributed by atoms with Gasteiger partial charge in [-0.05, 0) is 89.9 Å². The van der Waals surface area contributed by atoms with Crippen LogP contribution in [0.5, 0.6) is 0 Å². The number of hydrogen-bond donors (Lipinski definition) is 8. The molecule has 9 unspecified atom stereocenters. The van der Waals surface area contributed by atoms with E-state index in [4.69, 9.17) is 9.47 Å². The molecule has 0 bridgehead atoms. The number of carbonyl (C=O) groups is 1. The van der Waals surface area contributed by atoms with E-state index in [0.29, 0.717) is 19.3 Å². The summed E-state index contributed by atoms with van der Waals surface area (Å²) in [7, 11) is 0. The van der Waals surface area contributed by atoms with Crippen LogP contribution in [-0.2, 0) is 14.3 Å². The van der Waals surface area contributed by atoms with Gasteiger partial charge in [0.1, 0.15) is 36.6 Å². The molecule has 1 saturated heterocycles. The maximum Gasteiger partial charge on any atom is 0.249 e. The molecule has 0 spiro atoms. The van der Waals surface area contributed by atoms with Gasteiger partial charge in [0.25, 0.3) is 0 Å². The van der Waals surface area contributed by atoms with E-state index in [0.717, 1.165) is 57.8 Å². The molecule has 0 saturated carbocycles. The van der Waals surface area contributed by atoms with Crippen molar-refractivity contribution in [2.45, 2.75) is 345 Å². The third-order valence-corrected chi connectivity index (χ3v) is 15.3. The van der Waals surface area contributed by atoms with Gasteiger partial charge in [0.05, 0.1) is 25.4 Å². The lowest BCUT2D eigenvalue weighted by Crippen LogP contribution is -2.60. The number of amides is 1. The number of aliphatic hydroxyl groups is 7. The number of aliphatic hydroxyl groups excluding tert-OH is 7. The standard InChI is InChI=1S/C65H121NO10/c1-3-5-7-9-11-13-15-17-19-21-23-25-27-28-29-31-32-34-36-38-40-42-44-46-48-50-52-57(68)60(70)56(55-75-65-63(73)62(72)61(71)59(54-67)76-65)66-64(74)58(69)53-51-49-47-45-43-41-39-37-35-33-30-26-24-22-20-18-16-14-12-10-8-6-4-2/h29,31,33,35-36,38,44,46,56-63,65,67-73H,3-28,30,32,34,37,39-43,45,47-55H2,1-2H3,(H,66,74)/b31-29+,35-33-,38-36+,46-44+. The minimum Gasteiger partial charge on any atom is -0.394 e. The molecule has 446 valence electrons. The smallest absolute Gasteiger partial charge is 0.249 e. The molecule has 0 radical (unpaired) electrons. The molecule has 0 aromatic carbocycles. The molecule has 0 aromatic heterocycles. The highest BCUT2D eigenvalue weighted by Crippen LogP contribution is 2.23. The summed E-state index contributed by atoms with van der Waals surface area (Å²) in [6, 6.07) is -1.20. The van der Waals surface area contributed by atoms with Crippen LogP contribution < -0.4 is 5.32 Å². The van der Waals surface area contributed by atoms with Crippen LogP contribution >= 0.6 is 0 Å². The summed E-state index contributed by atoms with van der Waals surface area (Å²) < 4.78 is 11.1. The Balaban J connectivity index is 2.31. The maximum absolute atomic E-state index is 13.2. The summed E-state index contributed by atoms with van der Waals surface area (Å²) in [5.41, 5.74) is 0. The molecule has 8 N–H and O–H groups in total. The summed E-state index contributed by atoms with van der Waals surface area (Å²) in [6.45, 7) is 3.47. The van der Waals surface area contributed by atoms with E-state index in [-0.39, 0.29) is 12.8 Å². The Morgan fingerprint density at radius 2 is 0.789 bits per heavy atom. The molecule has 1 heterocycles. The van der Waals surface area contributed by atoms with E-state index in [2.05, 4.69) is 67.8 Å². The SMILES string of the molecule is CCCCCCCCCCCCCC/C=C\CCCCCCCCCC(O)C(=O)NC(COC1OC(CO)C(O)C(O)C1O)C(O)C(O)CCC/C=C/CC/C=C/CC/C=C/CCCCCCCCCCCCCCC. The van der Waals surface area contributed by atoms with Gasteiger partial charge in [0.2, 0.25) is 5.91 Å². The first kappa shape index (κ1) is 72.1. The lowest BCUT2D eigenvalue weighted by atomic mass is 9.98. The van der Waals surface area contributed by atoms with Gasteiger partial charge in [-0.15, -0.1) is 0 Å². The van der Waals surface area contributed by atoms with Crippen molar-refractivity contribution in [3.8, 4) is 0 Å². The third kappa shape index (κ3) is 41.1. The molecule has 1 amide bonds. The summed E-state index contributed by atoms with van der Waals surface area (Å²) in [6.07, 6.45) is 57.5. The first-order valence-corrected chi connectivity index (χ1v) is 32.0. The lowest BCUT2D eigenvalue weighted by Gasteiger charge is -2.40. The lowest BCUT2D eigenvalue weighted by molar-refractivity contribution is -0.303. The quantitative estimate of drug-likeness (QED) is 0.0215. The van der Waals surface area contributed by atoms with Crippen LogP contribution in [0.1, 0.15) is 290 Å². The van der Waals surface area contributed by atoms with Crippen molar-refractivity contribution in [1.29, 1.82) is 0 Å². The Labute approximate surface area is 466 Å². The van der Waals surface area contributed by atoms with Gasteiger partial charge in [-0.1, -0.05) is 249 Å². The molecule has 11 heteroatoms. The molecule has 1 rings (SSSR count). The summed E-state index contributed by atoms with van der Waals surface area (Å²) in [5, 5.41) is 76.3. The van der Waals surface area contributed by atoms with E-state index in [1.54, 1.807) is 0 Å². The van der Waals surface area contributed by atoms with Crippen LogP contribution in [0.4, 0.5) is 0 Å². The third-order valence-electron chi connectivity index (χ3n) is 15.3. The predicted octanol–water partition coefficient (Wildman–Crippen LogP) is 14.4. The molecule has 0 aliphatic carbocycles. The van der Waals surface area contributed by atoms with E-state index < -0.39 is 74.2 Å². The second-order valence-corrected chi connectivity index (χ2v) is 22.5. The molecule has 9 atom stereocenters. The van der Waals surface area contributed by atoms with E-state index >= 15 is 0 Å². The minimum absolute atomic E-state index is 0.240. The van der Waals surface area contributed by atoms with Crippen LogP contribution in [0, 0.1) is 0 Å². The number of unbranched alkanes of at least 4 members (excludes halogenated alkanes) is 35. The fourth-order valence-electron chi connectivity index (χ4n) is 10.1. The minimum atomic E-state index is -1.68. The van der Waals surface area contributed by atoms with Gasteiger partial charge in [0, 0.05) is 0 Å². The van der Waals surface area contributed by atoms with Gasteiger partial charge in [0.15, 0.2) is 6.29 Å². The molecular weight excluding hydrogens is 955 g/mol. The fraction of sp³-hybridized carbons (Fsp3) is 0.862. The molecular formula is C65H121NO10. The number of rotatable bonds is 55. The number of allylic oxidation sites excluding steroid dienone is 8. The molecule has 1 aliphatic rings. The van der Waals surface area contributed by atoms with Crippen LogP contribution in [-0.4, -0.2) is 110 Å². The average Bonchev–Trinajstić information content (AvgIpc) is 3.42. The van der Waals surface area contributed by atoms with Crippen LogP contribution in [0.2, 0.25) is 0 Å². The van der Waals surface area contributed by atoms with Crippen molar-refractivity contribution >= 4 is 5.91 Å². The van der Waals surface area contributed by atoms with Gasteiger partial charge < -0.3 is 50.5 Å². The highest BCUT2D eigenvalue weighted by molar-refractivity contribution is 5.80. The van der Waals surface area contributed by atoms with Gasteiger partial charge >= 0.3 is 0 Å². The van der Waals surface area contributed by atoms with E-state index in [9.17, 15) is 40.5 Å². The fourth-order valence-corrected chi connectivity index (χ4v) is 10.1. The topological polar surface area (TPSA) is 189 Å². The summed E-state index contributed by atoms with van der Waals surface area (Å²) >= 11 is 0. The second-order valence-electron chi connectivity index (χ2n) is 22.5. The largest absolute Gasteiger partial charge is 0.394 e. The molecule has 0 aromatic rings. The number of ether oxygens (including phenoxy) is 2. The van der Waals surface area contributed by atoms with Gasteiger partial charge in [-0.2, -0.15) is 0 Å². The first-order valence-electron chi connectivity index (χ1n) is 32.0. The van der Waals surface area contributed by atoms with Crippen LogP contribution in [0.15, 0.2) is 48.6 Å². The summed E-state index contributed by atoms with van der Waals surface area (Å²) in [4.78, 5) is 13.2. The van der Waals surface area contributed by atoms with Crippen LogP contribution in [0.25, 0.3) is 0 Å². The zero-order chi connectivity index (χ0) is 55.4. The Bertz CT molecular complexity index is 1370.